The molecule has 0 amide bonds. The van der Waals surface area contributed by atoms with Gasteiger partial charge in [-0.25, -0.2) is 4.98 Å². The molecule has 20 heavy (non-hydrogen) atoms. The highest BCUT2D eigenvalue weighted by Crippen LogP contribution is 2.22. The van der Waals surface area contributed by atoms with Crippen LogP contribution in [0.5, 0.6) is 5.88 Å². The van der Waals surface area contributed by atoms with E-state index in [1.54, 1.807) is 6.07 Å². The van der Waals surface area contributed by atoms with Gasteiger partial charge in [-0.15, -0.1) is 0 Å². The molecule has 1 N–H and O–H groups in total. The molecular formula is C16H14N2O2. The fourth-order valence-corrected chi connectivity index (χ4v) is 1.77. The van der Waals surface area contributed by atoms with E-state index in [1.807, 2.05) is 25.1 Å². The van der Waals surface area contributed by atoms with Crippen LogP contribution < -0.4 is 4.74 Å². The molecule has 0 saturated heterocycles. The minimum atomic E-state index is 0.0544. The van der Waals surface area contributed by atoms with Gasteiger partial charge in [0.15, 0.2) is 0 Å². The molecule has 0 aliphatic heterocycles. The third kappa shape index (κ3) is 3.06. The second-order valence-corrected chi connectivity index (χ2v) is 4.07. The predicted molar refractivity (Wildman–Crippen MR) is 76.2 cm³/mol. The summed E-state index contributed by atoms with van der Waals surface area (Å²) in [5.74, 6) is 6.18. The quantitative estimate of drug-likeness (QED) is 0.865. The minimum Gasteiger partial charge on any atom is -0.477 e. The SMILES string of the molecule is CCOc1nc2cc(C#CCCO)ccc2cc1C#N. The molecule has 4 heteroatoms. The average molecular weight is 266 g/mol. The molecule has 0 unspecified atom stereocenters. The van der Waals surface area contributed by atoms with Gasteiger partial charge in [-0.05, 0) is 25.1 Å². The maximum absolute atomic E-state index is 9.09. The Balaban J connectivity index is 2.47. The van der Waals surface area contributed by atoms with Crippen molar-refractivity contribution in [2.75, 3.05) is 13.2 Å². The number of pyridine rings is 1. The lowest BCUT2D eigenvalue weighted by Gasteiger charge is -2.06. The summed E-state index contributed by atoms with van der Waals surface area (Å²) in [5.41, 5.74) is 1.99. The predicted octanol–water partition coefficient (Wildman–Crippen LogP) is 2.24. The lowest BCUT2D eigenvalue weighted by molar-refractivity contribution is 0.305. The molecule has 4 nitrogen and oxygen atoms in total. The Morgan fingerprint density at radius 1 is 1.35 bits per heavy atom. The maximum Gasteiger partial charge on any atom is 0.232 e. The van der Waals surface area contributed by atoms with Crippen LogP contribution in [0.4, 0.5) is 0 Å². The van der Waals surface area contributed by atoms with Gasteiger partial charge in [0.05, 0.1) is 18.7 Å². The molecule has 0 radical (unpaired) electrons. The maximum atomic E-state index is 9.09. The third-order valence-electron chi connectivity index (χ3n) is 2.65. The van der Waals surface area contributed by atoms with Crippen molar-refractivity contribution in [3.63, 3.8) is 0 Å². The lowest BCUT2D eigenvalue weighted by Crippen LogP contribution is -1.98. The third-order valence-corrected chi connectivity index (χ3v) is 2.65. The van der Waals surface area contributed by atoms with Crippen molar-refractivity contribution in [2.45, 2.75) is 13.3 Å². The van der Waals surface area contributed by atoms with E-state index in [0.717, 1.165) is 16.5 Å². The highest BCUT2D eigenvalue weighted by atomic mass is 16.5. The summed E-state index contributed by atoms with van der Waals surface area (Å²) in [7, 11) is 0. The second kappa shape index (κ2) is 6.56. The first-order valence-corrected chi connectivity index (χ1v) is 6.36. The normalized spacial score (nSPS) is 9.65. The van der Waals surface area contributed by atoms with E-state index in [1.165, 1.54) is 0 Å². The fourth-order valence-electron chi connectivity index (χ4n) is 1.77. The van der Waals surface area contributed by atoms with Gasteiger partial charge in [-0.2, -0.15) is 5.26 Å². The van der Waals surface area contributed by atoms with Gasteiger partial charge in [0, 0.05) is 17.4 Å². The van der Waals surface area contributed by atoms with E-state index in [0.29, 0.717) is 24.5 Å². The zero-order valence-corrected chi connectivity index (χ0v) is 11.2. The van der Waals surface area contributed by atoms with Crippen molar-refractivity contribution in [3.05, 3.63) is 35.4 Å². The largest absolute Gasteiger partial charge is 0.477 e. The molecule has 1 aromatic heterocycles. The Morgan fingerprint density at radius 2 is 2.20 bits per heavy atom. The van der Waals surface area contributed by atoms with Crippen molar-refractivity contribution in [1.29, 1.82) is 5.26 Å². The Labute approximate surface area is 117 Å². The van der Waals surface area contributed by atoms with Crippen molar-refractivity contribution < 1.29 is 9.84 Å². The monoisotopic (exact) mass is 266 g/mol. The Kier molecular flexibility index (Phi) is 4.55. The van der Waals surface area contributed by atoms with Gasteiger partial charge >= 0.3 is 0 Å². The van der Waals surface area contributed by atoms with Crippen LogP contribution in [-0.4, -0.2) is 23.3 Å². The van der Waals surface area contributed by atoms with Crippen LogP contribution in [0.1, 0.15) is 24.5 Å². The number of nitrogens with zero attached hydrogens (tertiary/aromatic N) is 2. The molecule has 100 valence electrons. The van der Waals surface area contributed by atoms with E-state index in [-0.39, 0.29) is 6.61 Å². The van der Waals surface area contributed by atoms with E-state index in [2.05, 4.69) is 22.9 Å². The lowest BCUT2D eigenvalue weighted by atomic mass is 10.1. The van der Waals surface area contributed by atoms with Gasteiger partial charge in [0.2, 0.25) is 5.88 Å². The molecule has 2 aromatic rings. The zero-order valence-electron chi connectivity index (χ0n) is 11.2. The summed E-state index contributed by atoms with van der Waals surface area (Å²) in [6.45, 7) is 2.37. The summed E-state index contributed by atoms with van der Waals surface area (Å²) in [6, 6.07) is 9.45. The van der Waals surface area contributed by atoms with Crippen LogP contribution in [0, 0.1) is 23.2 Å². The summed E-state index contributed by atoms with van der Waals surface area (Å²) < 4.78 is 5.37. The standard InChI is InChI=1S/C16H14N2O2/c1-2-20-16-14(11-17)10-13-7-6-12(5-3-4-8-19)9-15(13)18-16/h6-7,9-10,19H,2,4,8H2,1H3. The molecule has 0 saturated carbocycles. The van der Waals surface area contributed by atoms with Gasteiger partial charge in [-0.3, -0.25) is 0 Å². The first kappa shape index (κ1) is 13.9. The molecule has 0 spiro atoms. The van der Waals surface area contributed by atoms with Crippen LogP contribution >= 0.6 is 0 Å². The Bertz CT molecular complexity index is 721. The topological polar surface area (TPSA) is 66.1 Å². The fraction of sp³-hybridized carbons (Fsp3) is 0.250. The molecular weight excluding hydrogens is 252 g/mol. The average Bonchev–Trinajstić information content (AvgIpc) is 2.47. The van der Waals surface area contributed by atoms with E-state index >= 15 is 0 Å². The van der Waals surface area contributed by atoms with E-state index in [9.17, 15) is 0 Å². The van der Waals surface area contributed by atoms with Crippen LogP contribution in [0.3, 0.4) is 0 Å². The van der Waals surface area contributed by atoms with Crippen LogP contribution in [0.15, 0.2) is 24.3 Å². The van der Waals surface area contributed by atoms with Gasteiger partial charge in [0.25, 0.3) is 0 Å². The summed E-state index contributed by atoms with van der Waals surface area (Å²) in [6.07, 6.45) is 0.447. The highest BCUT2D eigenvalue weighted by molar-refractivity contribution is 5.82. The van der Waals surface area contributed by atoms with Crippen LogP contribution in [0.25, 0.3) is 10.9 Å². The number of hydrogen-bond donors (Lipinski definition) is 1. The zero-order chi connectivity index (χ0) is 14.4. The number of aliphatic hydroxyl groups is 1. The second-order valence-electron chi connectivity index (χ2n) is 4.07. The van der Waals surface area contributed by atoms with Crippen molar-refractivity contribution in [3.8, 4) is 23.8 Å². The molecule has 0 aliphatic carbocycles. The number of ether oxygens (including phenoxy) is 1. The first-order valence-electron chi connectivity index (χ1n) is 6.36. The van der Waals surface area contributed by atoms with Crippen molar-refractivity contribution in [2.24, 2.45) is 0 Å². The Hall–Kier alpha value is -2.56. The molecule has 0 aliphatic rings. The summed E-state index contributed by atoms with van der Waals surface area (Å²) in [5, 5.41) is 18.7. The van der Waals surface area contributed by atoms with Gasteiger partial charge in [-0.1, -0.05) is 17.9 Å². The van der Waals surface area contributed by atoms with E-state index < -0.39 is 0 Å². The minimum absolute atomic E-state index is 0.0544. The Morgan fingerprint density at radius 3 is 2.90 bits per heavy atom. The summed E-state index contributed by atoms with van der Waals surface area (Å²) in [4.78, 5) is 4.36. The molecule has 0 fully saturated rings. The van der Waals surface area contributed by atoms with Crippen molar-refractivity contribution >= 4 is 10.9 Å². The number of hydrogen-bond acceptors (Lipinski definition) is 4. The molecule has 1 aromatic carbocycles. The number of fused-ring (bicyclic) bond motifs is 1. The van der Waals surface area contributed by atoms with Gasteiger partial charge < -0.3 is 9.84 Å². The number of nitriles is 1. The highest BCUT2D eigenvalue weighted by Gasteiger charge is 2.07. The molecule has 2 rings (SSSR count). The first-order chi connectivity index (χ1) is 9.78. The number of benzene rings is 1. The molecule has 0 bridgehead atoms. The molecule has 1 heterocycles. The summed E-state index contributed by atoms with van der Waals surface area (Å²) >= 11 is 0. The molecule has 0 atom stereocenters. The van der Waals surface area contributed by atoms with Crippen LogP contribution in [0.2, 0.25) is 0 Å². The number of aliphatic hydroxyl groups excluding tert-OH is 1. The van der Waals surface area contributed by atoms with Gasteiger partial charge in [0.1, 0.15) is 11.6 Å². The number of aromatic nitrogens is 1. The van der Waals surface area contributed by atoms with Crippen molar-refractivity contribution in [1.82, 2.24) is 4.98 Å². The van der Waals surface area contributed by atoms with E-state index in [4.69, 9.17) is 15.1 Å². The smallest absolute Gasteiger partial charge is 0.232 e. The van der Waals surface area contributed by atoms with Crippen LogP contribution in [-0.2, 0) is 0 Å². The number of rotatable bonds is 3.